The minimum absolute atomic E-state index is 0.132. The molecule has 9 heavy (non-hydrogen) atoms. The van der Waals surface area contributed by atoms with E-state index in [1.807, 2.05) is 20.8 Å². The SMILES string of the molecule is CCC(O)(CO)C(C)C. The van der Waals surface area contributed by atoms with Gasteiger partial charge in [-0.15, -0.1) is 0 Å². The Kier molecular flexibility index (Phi) is 3.15. The summed E-state index contributed by atoms with van der Waals surface area (Å²) in [7, 11) is 0. The topological polar surface area (TPSA) is 40.5 Å². The van der Waals surface area contributed by atoms with E-state index in [1.54, 1.807) is 0 Å². The molecule has 2 nitrogen and oxygen atoms in total. The number of hydrogen-bond acceptors (Lipinski definition) is 2. The van der Waals surface area contributed by atoms with E-state index in [1.165, 1.54) is 0 Å². The zero-order chi connectivity index (χ0) is 7.49. The zero-order valence-electron chi connectivity index (χ0n) is 6.39. The number of aliphatic hydroxyl groups excluding tert-OH is 1. The predicted octanol–water partition coefficient (Wildman–Crippen LogP) is 0.776. The number of aliphatic hydroxyl groups is 2. The summed E-state index contributed by atoms with van der Waals surface area (Å²) in [6, 6.07) is 0. The molecule has 0 bridgehead atoms. The van der Waals surface area contributed by atoms with Gasteiger partial charge < -0.3 is 10.2 Å². The first-order valence-electron chi connectivity index (χ1n) is 3.40. The first-order chi connectivity index (χ1) is 4.06. The van der Waals surface area contributed by atoms with E-state index in [0.717, 1.165) is 0 Å². The molecule has 1 atom stereocenters. The van der Waals surface area contributed by atoms with Gasteiger partial charge in [-0.1, -0.05) is 20.8 Å². The molecule has 0 spiro atoms. The Bertz CT molecular complexity index is 75.0. The van der Waals surface area contributed by atoms with Crippen molar-refractivity contribution in [3.05, 3.63) is 0 Å². The molecule has 0 aromatic rings. The lowest BCUT2D eigenvalue weighted by Gasteiger charge is -2.28. The highest BCUT2D eigenvalue weighted by molar-refractivity contribution is 4.78. The van der Waals surface area contributed by atoms with E-state index < -0.39 is 5.60 Å². The van der Waals surface area contributed by atoms with E-state index in [2.05, 4.69) is 0 Å². The third-order valence-electron chi connectivity index (χ3n) is 1.96. The fourth-order valence-electron chi connectivity index (χ4n) is 0.703. The largest absolute Gasteiger partial charge is 0.393 e. The van der Waals surface area contributed by atoms with Crippen molar-refractivity contribution in [1.29, 1.82) is 0 Å². The fourth-order valence-corrected chi connectivity index (χ4v) is 0.703. The van der Waals surface area contributed by atoms with Crippen molar-refractivity contribution in [3.8, 4) is 0 Å². The maximum absolute atomic E-state index is 9.46. The molecule has 0 rings (SSSR count). The second-order valence-electron chi connectivity index (χ2n) is 2.77. The van der Waals surface area contributed by atoms with Gasteiger partial charge in [0.05, 0.1) is 12.2 Å². The van der Waals surface area contributed by atoms with Crippen LogP contribution in [-0.2, 0) is 0 Å². The van der Waals surface area contributed by atoms with E-state index in [9.17, 15) is 5.11 Å². The van der Waals surface area contributed by atoms with E-state index >= 15 is 0 Å². The number of hydrogen-bond donors (Lipinski definition) is 2. The van der Waals surface area contributed by atoms with Gasteiger partial charge in [0.2, 0.25) is 0 Å². The summed E-state index contributed by atoms with van der Waals surface area (Å²) >= 11 is 0. The zero-order valence-corrected chi connectivity index (χ0v) is 6.39. The highest BCUT2D eigenvalue weighted by atomic mass is 16.3. The first kappa shape index (κ1) is 8.92. The number of rotatable bonds is 3. The highest BCUT2D eigenvalue weighted by Gasteiger charge is 2.27. The smallest absolute Gasteiger partial charge is 0.0897 e. The van der Waals surface area contributed by atoms with Crippen LogP contribution in [0.4, 0.5) is 0 Å². The molecule has 2 heteroatoms. The van der Waals surface area contributed by atoms with Crippen molar-refractivity contribution in [2.24, 2.45) is 5.92 Å². The van der Waals surface area contributed by atoms with Crippen LogP contribution >= 0.6 is 0 Å². The van der Waals surface area contributed by atoms with Crippen LogP contribution in [0, 0.1) is 5.92 Å². The minimum atomic E-state index is -0.861. The lowest BCUT2D eigenvalue weighted by Crippen LogP contribution is -2.38. The molecule has 0 radical (unpaired) electrons. The maximum Gasteiger partial charge on any atom is 0.0897 e. The summed E-state index contributed by atoms with van der Waals surface area (Å²) in [6.07, 6.45) is 0.612. The third-order valence-corrected chi connectivity index (χ3v) is 1.96. The Hall–Kier alpha value is -0.0800. The van der Waals surface area contributed by atoms with Gasteiger partial charge in [0.1, 0.15) is 0 Å². The predicted molar refractivity (Wildman–Crippen MR) is 37.2 cm³/mol. The molecule has 0 aromatic heterocycles. The monoisotopic (exact) mass is 132 g/mol. The Balaban J connectivity index is 3.92. The molecule has 2 N–H and O–H groups in total. The van der Waals surface area contributed by atoms with Gasteiger partial charge in [-0.05, 0) is 12.3 Å². The van der Waals surface area contributed by atoms with Crippen LogP contribution in [-0.4, -0.2) is 22.4 Å². The first-order valence-corrected chi connectivity index (χ1v) is 3.40. The molecule has 0 aliphatic heterocycles. The second kappa shape index (κ2) is 3.18. The maximum atomic E-state index is 9.46. The van der Waals surface area contributed by atoms with Crippen molar-refractivity contribution in [1.82, 2.24) is 0 Å². The average Bonchev–Trinajstić information content (AvgIpc) is 1.86. The fraction of sp³-hybridized carbons (Fsp3) is 1.00. The normalized spacial score (nSPS) is 18.0. The van der Waals surface area contributed by atoms with Crippen LogP contribution < -0.4 is 0 Å². The molecular formula is C7H16O2. The Morgan fingerprint density at radius 1 is 1.44 bits per heavy atom. The Labute approximate surface area is 56.5 Å². The van der Waals surface area contributed by atoms with Crippen LogP contribution in [0.2, 0.25) is 0 Å². The summed E-state index contributed by atoms with van der Waals surface area (Å²) in [5, 5.41) is 18.2. The van der Waals surface area contributed by atoms with Crippen molar-refractivity contribution in [2.75, 3.05) is 6.61 Å². The third kappa shape index (κ3) is 1.95. The molecule has 0 aliphatic carbocycles. The Morgan fingerprint density at radius 3 is 1.89 bits per heavy atom. The summed E-state index contributed by atoms with van der Waals surface area (Å²) in [5.74, 6) is 0.132. The van der Waals surface area contributed by atoms with Crippen molar-refractivity contribution in [2.45, 2.75) is 32.8 Å². The summed E-state index contributed by atoms with van der Waals surface area (Å²) in [5.41, 5.74) is -0.861. The van der Waals surface area contributed by atoms with Crippen molar-refractivity contribution >= 4 is 0 Å². The van der Waals surface area contributed by atoms with E-state index in [-0.39, 0.29) is 12.5 Å². The van der Waals surface area contributed by atoms with Gasteiger partial charge in [-0.3, -0.25) is 0 Å². The van der Waals surface area contributed by atoms with Gasteiger partial charge in [-0.2, -0.15) is 0 Å². The molecule has 0 heterocycles. The molecule has 0 aliphatic rings. The molecular weight excluding hydrogens is 116 g/mol. The molecule has 0 fully saturated rings. The van der Waals surface area contributed by atoms with Crippen LogP contribution in [0.1, 0.15) is 27.2 Å². The molecule has 0 saturated carbocycles. The minimum Gasteiger partial charge on any atom is -0.393 e. The average molecular weight is 132 g/mol. The van der Waals surface area contributed by atoms with E-state index in [0.29, 0.717) is 6.42 Å². The summed E-state index contributed by atoms with van der Waals surface area (Å²) in [4.78, 5) is 0. The molecule has 0 saturated heterocycles. The van der Waals surface area contributed by atoms with Crippen LogP contribution in [0.25, 0.3) is 0 Å². The summed E-state index contributed by atoms with van der Waals surface area (Å²) in [6.45, 7) is 5.54. The molecule has 56 valence electrons. The molecule has 0 aromatic carbocycles. The molecule has 1 unspecified atom stereocenters. The Morgan fingerprint density at radius 2 is 1.89 bits per heavy atom. The van der Waals surface area contributed by atoms with Gasteiger partial charge in [0, 0.05) is 0 Å². The van der Waals surface area contributed by atoms with Gasteiger partial charge in [0.25, 0.3) is 0 Å². The van der Waals surface area contributed by atoms with Crippen LogP contribution in [0.3, 0.4) is 0 Å². The van der Waals surface area contributed by atoms with Crippen LogP contribution in [0.5, 0.6) is 0 Å². The quantitative estimate of drug-likeness (QED) is 0.595. The molecule has 0 amide bonds. The second-order valence-corrected chi connectivity index (χ2v) is 2.77. The lowest BCUT2D eigenvalue weighted by atomic mass is 9.89. The van der Waals surface area contributed by atoms with Crippen molar-refractivity contribution in [3.63, 3.8) is 0 Å². The van der Waals surface area contributed by atoms with Gasteiger partial charge >= 0.3 is 0 Å². The van der Waals surface area contributed by atoms with Crippen molar-refractivity contribution < 1.29 is 10.2 Å². The van der Waals surface area contributed by atoms with Gasteiger partial charge in [0.15, 0.2) is 0 Å². The van der Waals surface area contributed by atoms with E-state index in [4.69, 9.17) is 5.11 Å². The van der Waals surface area contributed by atoms with Crippen LogP contribution in [0.15, 0.2) is 0 Å². The standard InChI is InChI=1S/C7H16O2/c1-4-7(9,5-8)6(2)3/h6,8-9H,4-5H2,1-3H3. The highest BCUT2D eigenvalue weighted by Crippen LogP contribution is 2.19. The summed E-state index contributed by atoms with van der Waals surface area (Å²) < 4.78 is 0. The van der Waals surface area contributed by atoms with Gasteiger partial charge in [-0.25, -0.2) is 0 Å². The lowest BCUT2D eigenvalue weighted by molar-refractivity contribution is -0.0536.